The number of carbonyl (C=O) groups is 1. The van der Waals surface area contributed by atoms with Gasteiger partial charge in [0.05, 0.1) is 0 Å². The predicted molar refractivity (Wildman–Crippen MR) is 90.2 cm³/mol. The van der Waals surface area contributed by atoms with Gasteiger partial charge in [0.15, 0.2) is 0 Å². The lowest BCUT2D eigenvalue weighted by atomic mass is 9.96. The molecule has 1 saturated heterocycles. The van der Waals surface area contributed by atoms with E-state index in [0.29, 0.717) is 24.4 Å². The number of halogens is 1. The number of piperidine rings is 1. The Morgan fingerprint density at radius 2 is 2.25 bits per heavy atom. The van der Waals surface area contributed by atoms with E-state index in [1.807, 2.05) is 6.07 Å². The maximum atomic E-state index is 13.5. The third-order valence-corrected chi connectivity index (χ3v) is 4.43. The van der Waals surface area contributed by atoms with Gasteiger partial charge < -0.3 is 10.6 Å². The lowest BCUT2D eigenvalue weighted by molar-refractivity contribution is -0.121. The van der Waals surface area contributed by atoms with Gasteiger partial charge in [-0.3, -0.25) is 9.48 Å². The van der Waals surface area contributed by atoms with Crippen LogP contribution in [0.2, 0.25) is 0 Å². The lowest BCUT2D eigenvalue weighted by Crippen LogP contribution is -2.33. The zero-order chi connectivity index (χ0) is 16.8. The summed E-state index contributed by atoms with van der Waals surface area (Å²) in [6, 6.07) is 8.63. The number of nitrogens with zero attached hydrogens (tertiary/aromatic N) is 2. The summed E-state index contributed by atoms with van der Waals surface area (Å²) in [6.07, 6.45) is 4.49. The van der Waals surface area contributed by atoms with E-state index in [4.69, 9.17) is 0 Å². The van der Waals surface area contributed by atoms with Gasteiger partial charge in [-0.15, -0.1) is 0 Å². The first kappa shape index (κ1) is 16.6. The minimum absolute atomic E-state index is 0.0972. The number of amides is 1. The number of benzene rings is 1. The van der Waals surface area contributed by atoms with Gasteiger partial charge in [0, 0.05) is 30.9 Å². The van der Waals surface area contributed by atoms with Gasteiger partial charge in [-0.25, -0.2) is 4.39 Å². The van der Waals surface area contributed by atoms with Crippen LogP contribution in [0, 0.1) is 5.82 Å². The molecule has 1 aromatic heterocycles. The van der Waals surface area contributed by atoms with E-state index in [9.17, 15) is 9.18 Å². The highest BCUT2D eigenvalue weighted by atomic mass is 19.1. The molecular weight excluding hydrogens is 307 g/mol. The Balaban J connectivity index is 1.50. The van der Waals surface area contributed by atoms with Crippen LogP contribution in [0.1, 0.15) is 30.0 Å². The van der Waals surface area contributed by atoms with Gasteiger partial charge in [0.25, 0.3) is 0 Å². The van der Waals surface area contributed by atoms with E-state index in [-0.39, 0.29) is 18.3 Å². The second-order valence-electron chi connectivity index (χ2n) is 6.15. The fourth-order valence-electron chi connectivity index (χ4n) is 3.16. The average Bonchev–Trinajstić information content (AvgIpc) is 3.05. The normalized spacial score (nSPS) is 17.6. The number of rotatable bonds is 6. The van der Waals surface area contributed by atoms with Crippen molar-refractivity contribution in [3.05, 3.63) is 53.6 Å². The Kier molecular flexibility index (Phi) is 5.59. The molecule has 1 amide bonds. The summed E-state index contributed by atoms with van der Waals surface area (Å²) in [7, 11) is 0. The molecule has 24 heavy (non-hydrogen) atoms. The standard InChI is InChI=1S/C18H23FN4O/c19-16-6-2-1-4-14(16)7-10-21-18(24)13-23-17(8-11-22-23)15-5-3-9-20-12-15/h1-2,4,6,8,11,15,20H,3,5,7,9-10,12-13H2,(H,21,24). The van der Waals surface area contributed by atoms with Crippen molar-refractivity contribution in [2.45, 2.75) is 31.7 Å². The van der Waals surface area contributed by atoms with Crippen molar-refractivity contribution in [3.63, 3.8) is 0 Å². The number of hydrogen-bond donors (Lipinski definition) is 2. The molecule has 1 unspecified atom stereocenters. The highest BCUT2D eigenvalue weighted by Gasteiger charge is 2.19. The largest absolute Gasteiger partial charge is 0.354 e. The molecule has 0 spiro atoms. The molecule has 6 heteroatoms. The molecule has 2 heterocycles. The van der Waals surface area contributed by atoms with Crippen LogP contribution in [0.5, 0.6) is 0 Å². The molecule has 0 aliphatic carbocycles. The fourth-order valence-corrected chi connectivity index (χ4v) is 3.16. The van der Waals surface area contributed by atoms with Gasteiger partial charge in [0.1, 0.15) is 12.4 Å². The van der Waals surface area contributed by atoms with Crippen molar-refractivity contribution >= 4 is 5.91 Å². The van der Waals surface area contributed by atoms with Gasteiger partial charge in [0.2, 0.25) is 5.91 Å². The highest BCUT2D eigenvalue weighted by Crippen LogP contribution is 2.22. The first-order valence-corrected chi connectivity index (χ1v) is 8.46. The second kappa shape index (κ2) is 8.06. The molecule has 0 radical (unpaired) electrons. The fraction of sp³-hybridized carbons (Fsp3) is 0.444. The Morgan fingerprint density at radius 3 is 3.04 bits per heavy atom. The molecule has 1 fully saturated rings. The summed E-state index contributed by atoms with van der Waals surface area (Å²) < 4.78 is 15.3. The van der Waals surface area contributed by atoms with Crippen molar-refractivity contribution in [1.82, 2.24) is 20.4 Å². The van der Waals surface area contributed by atoms with Crippen LogP contribution in [0.25, 0.3) is 0 Å². The number of hydrogen-bond acceptors (Lipinski definition) is 3. The first-order chi connectivity index (χ1) is 11.7. The van der Waals surface area contributed by atoms with Crippen LogP contribution in [-0.4, -0.2) is 35.3 Å². The summed E-state index contributed by atoms with van der Waals surface area (Å²) in [5, 5.41) is 10.5. The average molecular weight is 330 g/mol. The molecule has 0 bridgehead atoms. The van der Waals surface area contributed by atoms with Gasteiger partial charge in [-0.2, -0.15) is 5.10 Å². The van der Waals surface area contributed by atoms with E-state index in [0.717, 1.165) is 31.6 Å². The van der Waals surface area contributed by atoms with Crippen molar-refractivity contribution < 1.29 is 9.18 Å². The summed E-state index contributed by atoms with van der Waals surface area (Å²) in [4.78, 5) is 12.1. The zero-order valence-electron chi connectivity index (χ0n) is 13.7. The van der Waals surface area contributed by atoms with E-state index in [1.165, 1.54) is 6.07 Å². The molecular formula is C18H23FN4O. The Bertz CT molecular complexity index is 679. The highest BCUT2D eigenvalue weighted by molar-refractivity contribution is 5.75. The van der Waals surface area contributed by atoms with Gasteiger partial charge in [-0.1, -0.05) is 18.2 Å². The monoisotopic (exact) mass is 330 g/mol. The molecule has 5 nitrogen and oxygen atoms in total. The van der Waals surface area contributed by atoms with E-state index in [1.54, 1.807) is 29.1 Å². The van der Waals surface area contributed by atoms with Crippen LogP contribution in [0.3, 0.4) is 0 Å². The van der Waals surface area contributed by atoms with Crippen molar-refractivity contribution in [1.29, 1.82) is 0 Å². The Labute approximate surface area is 141 Å². The first-order valence-electron chi connectivity index (χ1n) is 8.46. The Hall–Kier alpha value is -2.21. The summed E-state index contributed by atoms with van der Waals surface area (Å²) in [6.45, 7) is 2.61. The van der Waals surface area contributed by atoms with Crippen LogP contribution in [0.4, 0.5) is 4.39 Å². The van der Waals surface area contributed by atoms with Gasteiger partial charge >= 0.3 is 0 Å². The maximum absolute atomic E-state index is 13.5. The molecule has 1 atom stereocenters. The van der Waals surface area contributed by atoms with Crippen molar-refractivity contribution in [2.24, 2.45) is 0 Å². The maximum Gasteiger partial charge on any atom is 0.241 e. The van der Waals surface area contributed by atoms with Gasteiger partial charge in [-0.05, 0) is 43.5 Å². The smallest absolute Gasteiger partial charge is 0.241 e. The molecule has 1 aromatic carbocycles. The quantitative estimate of drug-likeness (QED) is 0.850. The van der Waals surface area contributed by atoms with E-state index >= 15 is 0 Å². The zero-order valence-corrected chi connectivity index (χ0v) is 13.7. The van der Waals surface area contributed by atoms with Crippen molar-refractivity contribution in [3.8, 4) is 0 Å². The third-order valence-electron chi connectivity index (χ3n) is 4.43. The topological polar surface area (TPSA) is 59.0 Å². The Morgan fingerprint density at radius 1 is 1.38 bits per heavy atom. The second-order valence-corrected chi connectivity index (χ2v) is 6.15. The molecule has 1 aliphatic heterocycles. The predicted octanol–water partition coefficient (Wildman–Crippen LogP) is 1.85. The van der Waals surface area contributed by atoms with Crippen LogP contribution < -0.4 is 10.6 Å². The lowest BCUT2D eigenvalue weighted by Gasteiger charge is -2.23. The molecule has 128 valence electrons. The summed E-state index contributed by atoms with van der Waals surface area (Å²) in [5.41, 5.74) is 1.72. The summed E-state index contributed by atoms with van der Waals surface area (Å²) >= 11 is 0. The van der Waals surface area contributed by atoms with E-state index < -0.39 is 0 Å². The molecule has 0 saturated carbocycles. The third kappa shape index (κ3) is 4.20. The molecule has 2 aromatic rings. The van der Waals surface area contributed by atoms with Crippen LogP contribution in [-0.2, 0) is 17.8 Å². The van der Waals surface area contributed by atoms with Crippen LogP contribution in [0.15, 0.2) is 36.5 Å². The van der Waals surface area contributed by atoms with E-state index in [2.05, 4.69) is 15.7 Å². The molecule has 3 rings (SSSR count). The minimum Gasteiger partial charge on any atom is -0.354 e. The summed E-state index contributed by atoms with van der Waals surface area (Å²) in [5.74, 6) is 0.0819. The number of nitrogens with one attached hydrogen (secondary N) is 2. The SMILES string of the molecule is O=C(Cn1nccc1C1CCCNC1)NCCc1ccccc1F. The number of aromatic nitrogens is 2. The minimum atomic E-state index is -0.231. The van der Waals surface area contributed by atoms with Crippen molar-refractivity contribution in [2.75, 3.05) is 19.6 Å². The van der Waals surface area contributed by atoms with Crippen LogP contribution >= 0.6 is 0 Å². The molecule has 1 aliphatic rings. The molecule has 2 N–H and O–H groups in total. The number of carbonyl (C=O) groups excluding carboxylic acids is 1.